The van der Waals surface area contributed by atoms with Gasteiger partial charge >= 0.3 is 0 Å². The Labute approximate surface area is 101 Å². The Balaban J connectivity index is 2.66. The number of nitrogens with two attached hydrogens (primary N) is 1. The molecule has 0 aliphatic carbocycles. The Morgan fingerprint density at radius 1 is 1.24 bits per heavy atom. The van der Waals surface area contributed by atoms with Gasteiger partial charge in [-0.05, 0) is 6.92 Å². The monoisotopic (exact) mass is 241 g/mol. The lowest BCUT2D eigenvalue weighted by atomic mass is 10.6. The van der Waals surface area contributed by atoms with E-state index in [-0.39, 0.29) is 0 Å². The lowest BCUT2D eigenvalue weighted by Gasteiger charge is -2.13. The molecule has 1 aromatic rings. The molecule has 8 heteroatoms. The van der Waals surface area contributed by atoms with E-state index in [0.29, 0.717) is 37.6 Å². The number of anilines is 3. The van der Waals surface area contributed by atoms with Gasteiger partial charge in [0.25, 0.3) is 0 Å². The molecule has 0 saturated heterocycles. The summed E-state index contributed by atoms with van der Waals surface area (Å²) in [7, 11) is 3.69. The van der Waals surface area contributed by atoms with Gasteiger partial charge in [-0.2, -0.15) is 15.0 Å². The van der Waals surface area contributed by atoms with Crippen LogP contribution in [0.1, 0.15) is 6.92 Å². The van der Waals surface area contributed by atoms with Crippen molar-refractivity contribution in [3.8, 4) is 0 Å². The first kappa shape index (κ1) is 13.4. The van der Waals surface area contributed by atoms with Gasteiger partial charge in [0.1, 0.15) is 0 Å². The molecule has 4 N–H and O–H groups in total. The van der Waals surface area contributed by atoms with Crippen LogP contribution in [0.5, 0.6) is 0 Å². The third kappa shape index (κ3) is 4.37. The molecule has 1 aromatic heterocycles. The van der Waals surface area contributed by atoms with Crippen LogP contribution in [0.2, 0.25) is 0 Å². The predicted molar refractivity (Wildman–Crippen MR) is 66.9 cm³/mol. The van der Waals surface area contributed by atoms with Crippen molar-refractivity contribution in [2.45, 2.75) is 6.92 Å². The molecular formula is C9H19N7O. The normalized spacial score (nSPS) is 10.1. The first-order valence-corrected chi connectivity index (χ1v) is 5.39. The maximum Gasteiger partial charge on any atom is 0.243 e. The van der Waals surface area contributed by atoms with Crippen LogP contribution in [-0.2, 0) is 4.74 Å². The van der Waals surface area contributed by atoms with Crippen LogP contribution in [0.3, 0.4) is 0 Å². The Morgan fingerprint density at radius 2 is 1.94 bits per heavy atom. The standard InChI is InChI=1S/C9H19N7O/c1-4-17-6-5-11-7-12-8(15-10)14-9(13-7)16(2)3/h4-6,10H2,1-3H3,(H2,11,12,13,14,15). The van der Waals surface area contributed by atoms with Crippen LogP contribution < -0.4 is 21.5 Å². The summed E-state index contributed by atoms with van der Waals surface area (Å²) in [5.41, 5.74) is 2.40. The molecule has 8 nitrogen and oxygen atoms in total. The van der Waals surface area contributed by atoms with Crippen LogP contribution in [0, 0.1) is 0 Å². The van der Waals surface area contributed by atoms with Crippen LogP contribution >= 0.6 is 0 Å². The molecule has 0 spiro atoms. The smallest absolute Gasteiger partial charge is 0.243 e. The number of nitrogen functional groups attached to an aromatic ring is 1. The molecule has 0 bridgehead atoms. The lowest BCUT2D eigenvalue weighted by molar-refractivity contribution is 0.158. The Hall–Kier alpha value is -1.67. The number of hydrazine groups is 1. The van der Waals surface area contributed by atoms with E-state index in [2.05, 4.69) is 25.7 Å². The highest BCUT2D eigenvalue weighted by molar-refractivity contribution is 5.42. The van der Waals surface area contributed by atoms with Crippen molar-refractivity contribution in [1.29, 1.82) is 0 Å². The van der Waals surface area contributed by atoms with Crippen molar-refractivity contribution < 1.29 is 4.74 Å². The summed E-state index contributed by atoms with van der Waals surface area (Å²) in [5.74, 6) is 6.62. The first-order chi connectivity index (χ1) is 8.17. The molecule has 0 amide bonds. The second-order valence-corrected chi connectivity index (χ2v) is 3.45. The molecule has 1 heterocycles. The zero-order chi connectivity index (χ0) is 12.7. The van der Waals surface area contributed by atoms with Crippen molar-refractivity contribution in [1.82, 2.24) is 15.0 Å². The van der Waals surface area contributed by atoms with E-state index >= 15 is 0 Å². The van der Waals surface area contributed by atoms with Gasteiger partial charge in [0.2, 0.25) is 17.8 Å². The minimum atomic E-state index is 0.322. The second kappa shape index (κ2) is 6.81. The molecule has 17 heavy (non-hydrogen) atoms. The fraction of sp³-hybridized carbons (Fsp3) is 0.667. The molecule has 0 aliphatic rings. The number of aromatic nitrogens is 3. The minimum absolute atomic E-state index is 0.322. The quantitative estimate of drug-likeness (QED) is 0.339. The fourth-order valence-electron chi connectivity index (χ4n) is 1.09. The third-order valence-corrected chi connectivity index (χ3v) is 1.89. The summed E-state index contributed by atoms with van der Waals surface area (Å²) < 4.78 is 5.21. The van der Waals surface area contributed by atoms with Crippen molar-refractivity contribution in [2.24, 2.45) is 5.84 Å². The average Bonchev–Trinajstić information content (AvgIpc) is 2.34. The predicted octanol–water partition coefficient (Wildman–Crippen LogP) is -0.328. The maximum absolute atomic E-state index is 5.29. The molecule has 96 valence electrons. The summed E-state index contributed by atoms with van der Waals surface area (Å²) >= 11 is 0. The lowest BCUT2D eigenvalue weighted by Crippen LogP contribution is -2.20. The van der Waals surface area contributed by atoms with Gasteiger partial charge in [0.15, 0.2) is 0 Å². The average molecular weight is 241 g/mol. The van der Waals surface area contributed by atoms with Gasteiger partial charge in [0, 0.05) is 27.2 Å². The molecule has 0 radical (unpaired) electrons. The van der Waals surface area contributed by atoms with Gasteiger partial charge in [-0.1, -0.05) is 0 Å². The molecule has 0 saturated carbocycles. The third-order valence-electron chi connectivity index (χ3n) is 1.89. The molecule has 0 aromatic carbocycles. The summed E-state index contributed by atoms with van der Waals surface area (Å²) in [5, 5.41) is 3.04. The number of ether oxygens (including phenoxy) is 1. The number of nitrogens with one attached hydrogen (secondary N) is 2. The zero-order valence-electron chi connectivity index (χ0n) is 10.4. The van der Waals surface area contributed by atoms with E-state index in [0.717, 1.165) is 0 Å². The SMILES string of the molecule is CCOCCNc1nc(NN)nc(N(C)C)n1. The highest BCUT2D eigenvalue weighted by Gasteiger charge is 2.06. The van der Waals surface area contributed by atoms with E-state index in [1.165, 1.54) is 0 Å². The highest BCUT2D eigenvalue weighted by atomic mass is 16.5. The Kier molecular flexibility index (Phi) is 5.37. The summed E-state index contributed by atoms with van der Waals surface area (Å²) in [6, 6.07) is 0. The van der Waals surface area contributed by atoms with E-state index in [1.54, 1.807) is 4.90 Å². The fourth-order valence-corrected chi connectivity index (χ4v) is 1.09. The van der Waals surface area contributed by atoms with Crippen molar-refractivity contribution in [3.63, 3.8) is 0 Å². The summed E-state index contributed by atoms with van der Waals surface area (Å²) in [6.45, 7) is 3.88. The largest absolute Gasteiger partial charge is 0.380 e. The molecule has 0 atom stereocenters. The highest BCUT2D eigenvalue weighted by Crippen LogP contribution is 2.09. The number of nitrogens with zero attached hydrogens (tertiary/aromatic N) is 4. The molecule has 1 rings (SSSR count). The number of rotatable bonds is 7. The van der Waals surface area contributed by atoms with Gasteiger partial charge < -0.3 is 15.0 Å². The number of hydrogen-bond acceptors (Lipinski definition) is 8. The van der Waals surface area contributed by atoms with Crippen LogP contribution in [0.15, 0.2) is 0 Å². The minimum Gasteiger partial charge on any atom is -0.380 e. The molecular weight excluding hydrogens is 222 g/mol. The van der Waals surface area contributed by atoms with E-state index in [1.807, 2.05) is 21.0 Å². The molecule has 0 aliphatic heterocycles. The maximum atomic E-state index is 5.29. The number of hydrogen-bond donors (Lipinski definition) is 3. The topological polar surface area (TPSA) is 101 Å². The summed E-state index contributed by atoms with van der Waals surface area (Å²) in [4.78, 5) is 14.2. The van der Waals surface area contributed by atoms with Crippen molar-refractivity contribution >= 4 is 17.8 Å². The van der Waals surface area contributed by atoms with Crippen LogP contribution in [0.4, 0.5) is 17.8 Å². The molecule has 0 fully saturated rings. The van der Waals surface area contributed by atoms with E-state index in [4.69, 9.17) is 10.6 Å². The van der Waals surface area contributed by atoms with Gasteiger partial charge in [0.05, 0.1) is 6.61 Å². The van der Waals surface area contributed by atoms with E-state index in [9.17, 15) is 0 Å². The van der Waals surface area contributed by atoms with Crippen LogP contribution in [-0.4, -0.2) is 48.8 Å². The van der Waals surface area contributed by atoms with Crippen LogP contribution in [0.25, 0.3) is 0 Å². The zero-order valence-corrected chi connectivity index (χ0v) is 10.4. The summed E-state index contributed by atoms with van der Waals surface area (Å²) in [6.07, 6.45) is 0. The van der Waals surface area contributed by atoms with Crippen molar-refractivity contribution in [3.05, 3.63) is 0 Å². The van der Waals surface area contributed by atoms with E-state index < -0.39 is 0 Å². The van der Waals surface area contributed by atoms with Gasteiger partial charge in [-0.3, -0.25) is 5.43 Å². The first-order valence-electron chi connectivity index (χ1n) is 5.39. The van der Waals surface area contributed by atoms with Gasteiger partial charge in [-0.25, -0.2) is 5.84 Å². The Morgan fingerprint density at radius 3 is 2.53 bits per heavy atom. The van der Waals surface area contributed by atoms with Gasteiger partial charge in [-0.15, -0.1) is 0 Å². The Bertz CT molecular complexity index is 344. The molecule has 0 unspecified atom stereocenters. The van der Waals surface area contributed by atoms with Crippen molar-refractivity contribution in [2.75, 3.05) is 49.5 Å². The second-order valence-electron chi connectivity index (χ2n) is 3.45.